The minimum atomic E-state index is -1.04. The van der Waals surface area contributed by atoms with Crippen LogP contribution in [0.2, 0.25) is 0 Å². The molecule has 0 aliphatic rings. The van der Waals surface area contributed by atoms with Gasteiger partial charge in [-0.2, -0.15) is 0 Å². The number of amides is 2. The quantitative estimate of drug-likeness (QED) is 0.498. The van der Waals surface area contributed by atoms with Crippen LogP contribution < -0.4 is 0 Å². The highest BCUT2D eigenvalue weighted by molar-refractivity contribution is 8.75. The molecule has 0 rings (SSSR count). The van der Waals surface area contributed by atoms with Crippen molar-refractivity contribution in [3.05, 3.63) is 0 Å². The third-order valence-corrected chi connectivity index (χ3v) is 4.45. The highest BCUT2D eigenvalue weighted by Crippen LogP contribution is 2.30. The average molecular weight is 296 g/mol. The molecule has 18 heavy (non-hydrogen) atoms. The second-order valence-electron chi connectivity index (χ2n) is 3.63. The predicted octanol–water partition coefficient (Wildman–Crippen LogP) is 3.76. The van der Waals surface area contributed by atoms with E-state index in [9.17, 15) is 9.59 Å². The van der Waals surface area contributed by atoms with Crippen molar-refractivity contribution < 1.29 is 19.8 Å². The molecule has 0 aromatic rings. The number of carbonyl (C=O) groups is 2. The van der Waals surface area contributed by atoms with Crippen LogP contribution in [-0.4, -0.2) is 44.1 Å². The van der Waals surface area contributed by atoms with Crippen LogP contribution in [0.1, 0.15) is 39.5 Å². The first kappa shape index (κ1) is 17.2. The van der Waals surface area contributed by atoms with Crippen LogP contribution in [0.25, 0.3) is 0 Å². The molecule has 0 aromatic carbocycles. The summed E-state index contributed by atoms with van der Waals surface area (Å²) in [7, 11) is 1.90. The van der Waals surface area contributed by atoms with Crippen molar-refractivity contribution in [3.63, 3.8) is 0 Å². The lowest BCUT2D eigenvalue weighted by molar-refractivity contribution is 0.173. The van der Waals surface area contributed by atoms with Crippen LogP contribution in [0.3, 0.4) is 0 Å². The number of unbranched alkanes of at least 4 members (excludes halogenated alkanes) is 2. The number of hydrogen-bond donors (Lipinski definition) is 2. The van der Waals surface area contributed by atoms with E-state index in [0.29, 0.717) is 13.1 Å². The molecule has 0 spiro atoms. The summed E-state index contributed by atoms with van der Waals surface area (Å²) in [6.45, 7) is 4.76. The van der Waals surface area contributed by atoms with Crippen molar-refractivity contribution in [2.24, 2.45) is 0 Å². The number of carboxylic acid groups (broad SMARTS) is 2. The van der Waals surface area contributed by atoms with Gasteiger partial charge < -0.3 is 10.2 Å². The molecular weight excluding hydrogens is 276 g/mol. The van der Waals surface area contributed by atoms with E-state index in [4.69, 9.17) is 10.2 Å². The lowest BCUT2D eigenvalue weighted by atomic mass is 10.3. The van der Waals surface area contributed by atoms with E-state index >= 15 is 0 Å². The van der Waals surface area contributed by atoms with Gasteiger partial charge in [0.2, 0.25) is 0 Å². The highest BCUT2D eigenvalue weighted by atomic mass is 33.1. The van der Waals surface area contributed by atoms with E-state index in [1.807, 2.05) is 13.8 Å². The fourth-order valence-electron chi connectivity index (χ4n) is 1.01. The molecule has 0 aromatic heterocycles. The summed E-state index contributed by atoms with van der Waals surface area (Å²) in [5.41, 5.74) is 0. The Labute approximate surface area is 115 Å². The van der Waals surface area contributed by atoms with E-state index < -0.39 is 12.2 Å². The molecule has 0 saturated heterocycles. The molecule has 0 heterocycles. The van der Waals surface area contributed by atoms with Crippen LogP contribution in [0.4, 0.5) is 9.59 Å². The minimum Gasteiger partial charge on any atom is -0.464 e. The molecule has 0 aliphatic carbocycles. The maximum absolute atomic E-state index is 10.9. The molecule has 2 amide bonds. The van der Waals surface area contributed by atoms with Gasteiger partial charge in [0.05, 0.1) is 0 Å². The molecule has 8 heteroatoms. The minimum absolute atomic E-state index is 0.407. The number of nitrogens with zero attached hydrogens (tertiary/aromatic N) is 2. The smallest absolute Gasteiger partial charge is 0.418 e. The van der Waals surface area contributed by atoms with Gasteiger partial charge in [-0.15, -0.1) is 0 Å². The molecule has 2 N–H and O–H groups in total. The SMILES string of the molecule is CCCCN(SSN(CCCC)C(=O)O)C(=O)O. The van der Waals surface area contributed by atoms with Gasteiger partial charge in [0, 0.05) is 35.0 Å². The fraction of sp³-hybridized carbons (Fsp3) is 0.800. The van der Waals surface area contributed by atoms with Gasteiger partial charge in [-0.1, -0.05) is 26.7 Å². The third-order valence-electron chi connectivity index (χ3n) is 2.07. The Bertz CT molecular complexity index is 240. The topological polar surface area (TPSA) is 81.1 Å². The fourth-order valence-corrected chi connectivity index (χ4v) is 3.02. The lowest BCUT2D eigenvalue weighted by Gasteiger charge is -2.21. The molecule has 0 radical (unpaired) electrons. The molecule has 106 valence electrons. The van der Waals surface area contributed by atoms with Crippen molar-refractivity contribution in [1.29, 1.82) is 0 Å². The Morgan fingerprint density at radius 2 is 1.22 bits per heavy atom. The Kier molecular flexibility index (Phi) is 9.76. The molecule has 6 nitrogen and oxygen atoms in total. The first-order valence-electron chi connectivity index (χ1n) is 5.88. The summed E-state index contributed by atoms with van der Waals surface area (Å²) in [6, 6.07) is 0. The largest absolute Gasteiger partial charge is 0.464 e. The zero-order valence-electron chi connectivity index (χ0n) is 10.7. The summed E-state index contributed by atoms with van der Waals surface area (Å²) in [5.74, 6) is 0. The monoisotopic (exact) mass is 296 g/mol. The molecule has 0 bridgehead atoms. The van der Waals surface area contributed by atoms with Crippen LogP contribution >= 0.6 is 22.0 Å². The van der Waals surface area contributed by atoms with E-state index in [1.54, 1.807) is 0 Å². The zero-order chi connectivity index (χ0) is 14.0. The molecule has 0 aliphatic heterocycles. The van der Waals surface area contributed by atoms with E-state index in [-0.39, 0.29) is 0 Å². The lowest BCUT2D eigenvalue weighted by Crippen LogP contribution is -2.26. The third kappa shape index (κ3) is 7.54. The van der Waals surface area contributed by atoms with E-state index in [2.05, 4.69) is 0 Å². The summed E-state index contributed by atoms with van der Waals surface area (Å²) >= 11 is 0. The van der Waals surface area contributed by atoms with Gasteiger partial charge >= 0.3 is 12.2 Å². The Hall–Kier alpha value is -0.760. The maximum Gasteiger partial charge on any atom is 0.418 e. The van der Waals surface area contributed by atoms with Crippen molar-refractivity contribution in [3.8, 4) is 0 Å². The molecule has 0 saturated carbocycles. The molecular formula is C10H20N2O4S2. The first-order valence-corrected chi connectivity index (χ1v) is 7.94. The Morgan fingerprint density at radius 3 is 1.44 bits per heavy atom. The van der Waals surface area contributed by atoms with Gasteiger partial charge in [-0.05, 0) is 12.8 Å². The maximum atomic E-state index is 10.9. The van der Waals surface area contributed by atoms with Crippen LogP contribution in [0.15, 0.2) is 0 Å². The summed E-state index contributed by atoms with van der Waals surface area (Å²) in [5, 5.41) is 17.9. The van der Waals surface area contributed by atoms with Crippen LogP contribution in [0.5, 0.6) is 0 Å². The van der Waals surface area contributed by atoms with Gasteiger partial charge in [0.1, 0.15) is 0 Å². The molecule has 0 atom stereocenters. The number of rotatable bonds is 9. The van der Waals surface area contributed by atoms with Crippen LogP contribution in [0, 0.1) is 0 Å². The Balaban J connectivity index is 4.18. The first-order chi connectivity index (χ1) is 8.52. The normalized spacial score (nSPS) is 10.1. The van der Waals surface area contributed by atoms with Crippen molar-refractivity contribution in [2.75, 3.05) is 13.1 Å². The summed E-state index contributed by atoms with van der Waals surface area (Å²) in [6.07, 6.45) is 1.24. The van der Waals surface area contributed by atoms with Crippen LogP contribution in [-0.2, 0) is 0 Å². The second kappa shape index (κ2) is 10.2. The van der Waals surface area contributed by atoms with Crippen molar-refractivity contribution >= 4 is 34.1 Å². The predicted molar refractivity (Wildman–Crippen MR) is 74.5 cm³/mol. The standard InChI is InChI=1S/C10H20N2O4S2/c1-3-5-7-11(9(13)14)17-18-12(10(15)16)8-6-4-2/h3-8H2,1-2H3,(H,13,14)(H,15,16). The average Bonchev–Trinajstić information content (AvgIpc) is 2.31. The van der Waals surface area contributed by atoms with Gasteiger partial charge in [0.25, 0.3) is 0 Å². The van der Waals surface area contributed by atoms with Crippen molar-refractivity contribution in [1.82, 2.24) is 8.61 Å². The number of hydrogen-bond acceptors (Lipinski definition) is 4. The summed E-state index contributed by atoms with van der Waals surface area (Å²) in [4.78, 5) is 21.9. The molecule has 0 unspecified atom stereocenters. The zero-order valence-corrected chi connectivity index (χ0v) is 12.3. The van der Waals surface area contributed by atoms with Gasteiger partial charge in [-0.3, -0.25) is 0 Å². The highest BCUT2D eigenvalue weighted by Gasteiger charge is 2.18. The van der Waals surface area contributed by atoms with Crippen molar-refractivity contribution in [2.45, 2.75) is 39.5 Å². The van der Waals surface area contributed by atoms with Gasteiger partial charge in [0.15, 0.2) is 0 Å². The summed E-state index contributed by atoms with van der Waals surface area (Å²) < 4.78 is 2.33. The van der Waals surface area contributed by atoms with E-state index in [0.717, 1.165) is 56.3 Å². The molecule has 0 fully saturated rings. The Morgan fingerprint density at radius 1 is 0.889 bits per heavy atom. The van der Waals surface area contributed by atoms with Gasteiger partial charge in [-0.25, -0.2) is 18.2 Å². The second-order valence-corrected chi connectivity index (χ2v) is 5.70. The van der Waals surface area contributed by atoms with E-state index in [1.165, 1.54) is 0 Å².